The normalized spacial score (nSPS) is 18.3. The van der Waals surface area contributed by atoms with Crippen LogP contribution in [0.15, 0.2) is 16.5 Å². The molecule has 1 saturated carbocycles. The lowest BCUT2D eigenvalue weighted by atomic mass is 9.78. The summed E-state index contributed by atoms with van der Waals surface area (Å²) in [6.45, 7) is 8.85. The monoisotopic (exact) mass is 263 g/mol. The molecule has 0 bridgehead atoms. The second-order valence-corrected chi connectivity index (χ2v) is 6.63. The fourth-order valence-electron chi connectivity index (χ4n) is 3.60. The van der Waals surface area contributed by atoms with Gasteiger partial charge in [-0.05, 0) is 42.7 Å². The second kappa shape index (κ2) is 6.60. The van der Waals surface area contributed by atoms with E-state index in [-0.39, 0.29) is 0 Å². The number of hydrogen-bond donors (Lipinski definition) is 1. The highest BCUT2D eigenvalue weighted by Gasteiger charge is 2.33. The first-order chi connectivity index (χ1) is 9.13. The Balaban J connectivity index is 1.82. The van der Waals surface area contributed by atoms with E-state index in [1.165, 1.54) is 32.1 Å². The van der Waals surface area contributed by atoms with Crippen molar-refractivity contribution in [2.45, 2.75) is 65.8 Å². The van der Waals surface area contributed by atoms with Gasteiger partial charge >= 0.3 is 0 Å². The molecule has 1 heterocycles. The van der Waals surface area contributed by atoms with Crippen LogP contribution < -0.4 is 5.32 Å². The lowest BCUT2D eigenvalue weighted by molar-refractivity contribution is 0.221. The van der Waals surface area contributed by atoms with Crippen molar-refractivity contribution in [2.24, 2.45) is 11.3 Å². The number of hydrogen-bond acceptors (Lipinski definition) is 2. The van der Waals surface area contributed by atoms with Crippen molar-refractivity contribution in [3.63, 3.8) is 0 Å². The highest BCUT2D eigenvalue weighted by Crippen LogP contribution is 2.42. The van der Waals surface area contributed by atoms with Gasteiger partial charge in [0.05, 0.1) is 6.54 Å². The molecule has 0 amide bonds. The van der Waals surface area contributed by atoms with E-state index in [4.69, 9.17) is 4.42 Å². The molecule has 0 spiro atoms. The van der Waals surface area contributed by atoms with Gasteiger partial charge in [-0.15, -0.1) is 0 Å². The van der Waals surface area contributed by atoms with Crippen LogP contribution in [0.25, 0.3) is 0 Å². The summed E-state index contributed by atoms with van der Waals surface area (Å²) in [5.74, 6) is 2.97. The summed E-state index contributed by atoms with van der Waals surface area (Å²) in [7, 11) is 0. The van der Waals surface area contributed by atoms with Crippen molar-refractivity contribution in [1.82, 2.24) is 5.32 Å². The quantitative estimate of drug-likeness (QED) is 0.781. The van der Waals surface area contributed by atoms with Crippen LogP contribution in [0.1, 0.15) is 64.4 Å². The molecule has 1 aromatic rings. The van der Waals surface area contributed by atoms with E-state index >= 15 is 0 Å². The standard InChI is InChI=1S/C17H29NO/c1-4-15-7-8-16(19-15)12-18-13-17(11-14(2)3)9-5-6-10-17/h7-8,14,18H,4-6,9-13H2,1-3H3. The lowest BCUT2D eigenvalue weighted by Gasteiger charge is -2.31. The van der Waals surface area contributed by atoms with Crippen molar-refractivity contribution >= 4 is 0 Å². The smallest absolute Gasteiger partial charge is 0.117 e. The molecule has 1 aliphatic carbocycles. The Morgan fingerprint density at radius 1 is 1.21 bits per heavy atom. The Morgan fingerprint density at radius 2 is 1.89 bits per heavy atom. The van der Waals surface area contributed by atoms with Crippen LogP contribution in [0.4, 0.5) is 0 Å². The van der Waals surface area contributed by atoms with Gasteiger partial charge in [0.25, 0.3) is 0 Å². The number of nitrogens with one attached hydrogen (secondary N) is 1. The van der Waals surface area contributed by atoms with Gasteiger partial charge in [0.1, 0.15) is 11.5 Å². The van der Waals surface area contributed by atoms with Crippen LogP contribution in [-0.4, -0.2) is 6.54 Å². The molecule has 1 aliphatic rings. The first-order valence-electron chi connectivity index (χ1n) is 7.92. The molecule has 19 heavy (non-hydrogen) atoms. The van der Waals surface area contributed by atoms with E-state index in [0.717, 1.165) is 36.9 Å². The summed E-state index contributed by atoms with van der Waals surface area (Å²) in [5, 5.41) is 3.63. The molecule has 108 valence electrons. The first-order valence-corrected chi connectivity index (χ1v) is 7.92. The van der Waals surface area contributed by atoms with E-state index in [1.54, 1.807) is 0 Å². The molecule has 0 aliphatic heterocycles. The van der Waals surface area contributed by atoms with Crippen LogP contribution in [0.5, 0.6) is 0 Å². The molecular weight excluding hydrogens is 234 g/mol. The zero-order valence-electron chi connectivity index (χ0n) is 12.8. The predicted octanol–water partition coefficient (Wildman–Crippen LogP) is 4.54. The van der Waals surface area contributed by atoms with Crippen LogP contribution >= 0.6 is 0 Å². The van der Waals surface area contributed by atoms with Crippen LogP contribution in [-0.2, 0) is 13.0 Å². The summed E-state index contributed by atoms with van der Waals surface area (Å²) in [6.07, 6.45) is 7.97. The van der Waals surface area contributed by atoms with E-state index in [9.17, 15) is 0 Å². The summed E-state index contributed by atoms with van der Waals surface area (Å²) in [5.41, 5.74) is 0.550. The Kier molecular flexibility index (Phi) is 5.09. The zero-order valence-corrected chi connectivity index (χ0v) is 12.8. The second-order valence-electron chi connectivity index (χ2n) is 6.63. The third-order valence-electron chi connectivity index (χ3n) is 4.37. The maximum Gasteiger partial charge on any atom is 0.117 e. The summed E-state index contributed by atoms with van der Waals surface area (Å²) >= 11 is 0. The van der Waals surface area contributed by atoms with Gasteiger partial charge in [-0.3, -0.25) is 0 Å². The van der Waals surface area contributed by atoms with Gasteiger partial charge in [0.15, 0.2) is 0 Å². The lowest BCUT2D eigenvalue weighted by Crippen LogP contribution is -2.33. The summed E-state index contributed by atoms with van der Waals surface area (Å²) in [4.78, 5) is 0. The molecule has 0 radical (unpaired) electrons. The highest BCUT2D eigenvalue weighted by atomic mass is 16.3. The van der Waals surface area contributed by atoms with Gasteiger partial charge in [-0.2, -0.15) is 0 Å². The Hall–Kier alpha value is -0.760. The maximum absolute atomic E-state index is 5.75. The summed E-state index contributed by atoms with van der Waals surface area (Å²) < 4.78 is 5.75. The molecule has 0 atom stereocenters. The molecule has 1 N–H and O–H groups in total. The van der Waals surface area contributed by atoms with Gasteiger partial charge < -0.3 is 9.73 Å². The fraction of sp³-hybridized carbons (Fsp3) is 0.765. The predicted molar refractivity (Wildman–Crippen MR) is 80.1 cm³/mol. The average molecular weight is 263 g/mol. The molecular formula is C17H29NO. The molecule has 1 fully saturated rings. The molecule has 0 saturated heterocycles. The van der Waals surface area contributed by atoms with Gasteiger partial charge in [-0.25, -0.2) is 0 Å². The number of rotatable bonds is 7. The van der Waals surface area contributed by atoms with Gasteiger partial charge in [-0.1, -0.05) is 33.6 Å². The molecule has 0 aromatic carbocycles. The highest BCUT2D eigenvalue weighted by molar-refractivity contribution is 5.06. The van der Waals surface area contributed by atoms with Crippen molar-refractivity contribution in [2.75, 3.05) is 6.54 Å². The topological polar surface area (TPSA) is 25.2 Å². The van der Waals surface area contributed by atoms with Gasteiger partial charge in [0, 0.05) is 13.0 Å². The van der Waals surface area contributed by atoms with E-state index in [2.05, 4.69) is 38.2 Å². The molecule has 2 heteroatoms. The van der Waals surface area contributed by atoms with Crippen LogP contribution in [0, 0.1) is 11.3 Å². The van der Waals surface area contributed by atoms with Crippen molar-refractivity contribution < 1.29 is 4.42 Å². The van der Waals surface area contributed by atoms with E-state index < -0.39 is 0 Å². The molecule has 2 nitrogen and oxygen atoms in total. The minimum atomic E-state index is 0.550. The van der Waals surface area contributed by atoms with Crippen molar-refractivity contribution in [1.29, 1.82) is 0 Å². The molecule has 2 rings (SSSR count). The zero-order chi connectivity index (χ0) is 13.7. The third-order valence-corrected chi connectivity index (χ3v) is 4.37. The molecule has 1 aromatic heterocycles. The third kappa shape index (κ3) is 4.10. The van der Waals surface area contributed by atoms with Gasteiger partial charge in [0.2, 0.25) is 0 Å². The van der Waals surface area contributed by atoms with E-state index in [0.29, 0.717) is 5.41 Å². The SMILES string of the molecule is CCc1ccc(CNCC2(CC(C)C)CCCC2)o1. The Bertz CT molecular complexity index is 374. The van der Waals surface area contributed by atoms with Crippen LogP contribution in [0.2, 0.25) is 0 Å². The average Bonchev–Trinajstić information content (AvgIpc) is 2.98. The first kappa shape index (κ1) is 14.6. The Labute approximate surface area is 118 Å². The van der Waals surface area contributed by atoms with Crippen molar-refractivity contribution in [3.8, 4) is 0 Å². The largest absolute Gasteiger partial charge is 0.465 e. The summed E-state index contributed by atoms with van der Waals surface area (Å²) in [6, 6.07) is 4.20. The Morgan fingerprint density at radius 3 is 2.47 bits per heavy atom. The minimum Gasteiger partial charge on any atom is -0.465 e. The van der Waals surface area contributed by atoms with Crippen LogP contribution in [0.3, 0.4) is 0 Å². The van der Waals surface area contributed by atoms with Crippen molar-refractivity contribution in [3.05, 3.63) is 23.7 Å². The number of furan rings is 1. The maximum atomic E-state index is 5.75. The minimum absolute atomic E-state index is 0.550. The fourth-order valence-corrected chi connectivity index (χ4v) is 3.60. The number of aryl methyl sites for hydroxylation is 1. The van der Waals surface area contributed by atoms with E-state index in [1.807, 2.05) is 0 Å². The molecule has 0 unspecified atom stereocenters.